The zero-order chi connectivity index (χ0) is 35.2. The topological polar surface area (TPSA) is 255 Å². The van der Waals surface area contributed by atoms with Gasteiger partial charge in [0.25, 0.3) is 5.91 Å². The van der Waals surface area contributed by atoms with E-state index in [-0.39, 0.29) is 37.2 Å². The number of amides is 6. The maximum absolute atomic E-state index is 12.3. The molecule has 6 N–H and O–H groups in total. The molecule has 0 atom stereocenters. The molecule has 0 radical (unpaired) electrons. The minimum absolute atomic E-state index is 0.0790. The Morgan fingerprint density at radius 1 is 0.851 bits per heavy atom. The van der Waals surface area contributed by atoms with Gasteiger partial charge in [-0.2, -0.15) is 5.26 Å². The second-order valence-corrected chi connectivity index (χ2v) is 12.8. The van der Waals surface area contributed by atoms with Crippen LogP contribution in [0.3, 0.4) is 0 Å². The van der Waals surface area contributed by atoms with Gasteiger partial charge in [-0.15, -0.1) is 0 Å². The highest BCUT2D eigenvalue weighted by Crippen LogP contribution is 2.14. The van der Waals surface area contributed by atoms with Crippen LogP contribution in [0, 0.1) is 11.3 Å². The van der Waals surface area contributed by atoms with E-state index in [1.807, 2.05) is 0 Å². The van der Waals surface area contributed by atoms with Gasteiger partial charge >= 0.3 is 6.09 Å². The lowest BCUT2D eigenvalue weighted by molar-refractivity contribution is -0.128. The molecule has 47 heavy (non-hydrogen) atoms. The highest BCUT2D eigenvalue weighted by Gasteiger charge is 2.18. The number of nitrogens with zero attached hydrogens (tertiary/aromatic N) is 2. The van der Waals surface area contributed by atoms with E-state index in [0.717, 1.165) is 24.1 Å². The Balaban J connectivity index is 1.62. The maximum Gasteiger partial charge on any atom is 0.407 e. The van der Waals surface area contributed by atoms with Crippen molar-refractivity contribution in [1.82, 2.24) is 31.6 Å². The normalized spacial score (nSPS) is 10.9. The second kappa shape index (κ2) is 17.2. The highest BCUT2D eigenvalue weighted by molar-refractivity contribution is 7.90. The number of sulfone groups is 1. The highest BCUT2D eigenvalue weighted by atomic mass is 32.2. The van der Waals surface area contributed by atoms with Gasteiger partial charge in [-0.05, 0) is 44.5 Å². The van der Waals surface area contributed by atoms with E-state index in [0.29, 0.717) is 5.69 Å². The van der Waals surface area contributed by atoms with Gasteiger partial charge in [-0.25, -0.2) is 18.2 Å². The number of alkyl carbamates (subject to hydrolysis) is 1. The zero-order valence-corrected chi connectivity index (χ0v) is 27.0. The molecule has 0 aliphatic carbocycles. The fraction of sp³-hybridized carbons (Fsp3) is 0.379. The van der Waals surface area contributed by atoms with E-state index < -0.39 is 69.2 Å². The van der Waals surface area contributed by atoms with Gasteiger partial charge in [-0.3, -0.25) is 24.0 Å². The third kappa shape index (κ3) is 14.4. The van der Waals surface area contributed by atoms with E-state index in [1.165, 1.54) is 0 Å². The van der Waals surface area contributed by atoms with Crippen molar-refractivity contribution in [3.05, 3.63) is 53.2 Å². The van der Waals surface area contributed by atoms with Crippen molar-refractivity contribution in [3.8, 4) is 6.07 Å². The molecule has 0 fully saturated rings. The van der Waals surface area contributed by atoms with Gasteiger partial charge in [0.1, 0.15) is 11.7 Å². The Morgan fingerprint density at radius 3 is 1.98 bits per heavy atom. The van der Waals surface area contributed by atoms with E-state index in [2.05, 4.69) is 36.9 Å². The molecule has 17 nitrogen and oxygen atoms in total. The Labute approximate surface area is 271 Å². The summed E-state index contributed by atoms with van der Waals surface area (Å²) in [6, 6.07) is 9.38. The van der Waals surface area contributed by atoms with Crippen LogP contribution in [0.25, 0.3) is 0 Å². The number of benzene rings is 1. The van der Waals surface area contributed by atoms with Crippen LogP contribution in [0.2, 0.25) is 0 Å². The fourth-order valence-corrected chi connectivity index (χ4v) is 4.24. The average Bonchev–Trinajstić information content (AvgIpc) is 2.99. The minimum Gasteiger partial charge on any atom is -0.444 e. The van der Waals surface area contributed by atoms with Crippen molar-refractivity contribution in [2.45, 2.75) is 44.4 Å². The van der Waals surface area contributed by atoms with E-state index in [9.17, 15) is 37.2 Å². The lowest BCUT2D eigenvalue weighted by Gasteiger charge is -2.19. The lowest BCUT2D eigenvalue weighted by Crippen LogP contribution is -2.43. The van der Waals surface area contributed by atoms with Gasteiger partial charge in [0, 0.05) is 37.7 Å². The quantitative estimate of drug-likeness (QED) is 0.149. The first-order chi connectivity index (χ1) is 22.0. The van der Waals surface area contributed by atoms with Crippen LogP contribution < -0.4 is 31.9 Å². The lowest BCUT2D eigenvalue weighted by atomic mass is 10.2. The summed E-state index contributed by atoms with van der Waals surface area (Å²) >= 11 is 0. The number of rotatable bonds is 14. The molecule has 1 aromatic carbocycles. The van der Waals surface area contributed by atoms with Gasteiger partial charge in [0.2, 0.25) is 23.6 Å². The molecule has 2 rings (SSSR count). The molecule has 0 unspecified atom stereocenters. The predicted octanol–water partition coefficient (Wildman–Crippen LogP) is -0.511. The summed E-state index contributed by atoms with van der Waals surface area (Å²) in [6.07, 6.45) is 1.11. The molecule has 6 amide bonds. The molecule has 2 aromatic rings. The Kier molecular flexibility index (Phi) is 13.8. The van der Waals surface area contributed by atoms with Crippen LogP contribution in [-0.2, 0) is 40.3 Å². The van der Waals surface area contributed by atoms with Crippen LogP contribution in [0.5, 0.6) is 0 Å². The first-order valence-electron chi connectivity index (χ1n) is 14.0. The molecule has 0 saturated carbocycles. The molecule has 1 heterocycles. The summed E-state index contributed by atoms with van der Waals surface area (Å²) in [5, 5.41) is 23.3. The monoisotopic (exact) mass is 672 g/mol. The molecular weight excluding hydrogens is 636 g/mol. The van der Waals surface area contributed by atoms with E-state index in [4.69, 9.17) is 10.00 Å². The molecule has 0 bridgehead atoms. The summed E-state index contributed by atoms with van der Waals surface area (Å²) in [4.78, 5) is 75.8. The number of nitriles is 1. The molecule has 0 aliphatic heterocycles. The van der Waals surface area contributed by atoms with Crippen LogP contribution in [-0.4, -0.2) is 87.1 Å². The molecule has 18 heteroatoms. The number of pyridine rings is 1. The van der Waals surface area contributed by atoms with Crippen LogP contribution >= 0.6 is 0 Å². The molecule has 252 valence electrons. The molecule has 0 spiro atoms. The van der Waals surface area contributed by atoms with Crippen molar-refractivity contribution in [3.63, 3.8) is 0 Å². The molecule has 0 aliphatic rings. The van der Waals surface area contributed by atoms with Crippen LogP contribution in [0.4, 0.5) is 10.5 Å². The number of hydrogen-bond donors (Lipinski definition) is 6. The third-order valence-electron chi connectivity index (χ3n) is 5.63. The largest absolute Gasteiger partial charge is 0.444 e. The number of nitrogens with one attached hydrogen (secondary N) is 6. The van der Waals surface area contributed by atoms with Crippen LogP contribution in [0.1, 0.15) is 48.7 Å². The number of anilines is 1. The minimum atomic E-state index is -3.76. The Morgan fingerprint density at radius 2 is 1.43 bits per heavy atom. The molecular formula is C29H36N8O9S. The average molecular weight is 673 g/mol. The maximum atomic E-state index is 12.3. The van der Waals surface area contributed by atoms with Gasteiger partial charge < -0.3 is 36.6 Å². The predicted molar refractivity (Wildman–Crippen MR) is 166 cm³/mol. The first-order valence-corrected chi connectivity index (χ1v) is 15.9. The number of ether oxygens (including phenoxy) is 1. The summed E-state index contributed by atoms with van der Waals surface area (Å²) in [7, 11) is -3.76. The van der Waals surface area contributed by atoms with Crippen molar-refractivity contribution in [2.75, 3.05) is 37.8 Å². The van der Waals surface area contributed by atoms with Crippen molar-refractivity contribution >= 4 is 51.2 Å². The summed E-state index contributed by atoms with van der Waals surface area (Å²) < 4.78 is 28.5. The number of aromatic nitrogens is 1. The Bertz CT molecular complexity index is 1650. The van der Waals surface area contributed by atoms with E-state index >= 15 is 0 Å². The first kappa shape index (κ1) is 37.6. The van der Waals surface area contributed by atoms with Gasteiger partial charge in [-0.1, -0.05) is 12.1 Å². The van der Waals surface area contributed by atoms with Crippen molar-refractivity contribution in [2.24, 2.45) is 0 Å². The number of hydrogen-bond acceptors (Lipinski definition) is 11. The van der Waals surface area contributed by atoms with Crippen LogP contribution in [0.15, 0.2) is 41.6 Å². The van der Waals surface area contributed by atoms with Gasteiger partial charge in [0.05, 0.1) is 30.8 Å². The molecule has 0 saturated heterocycles. The van der Waals surface area contributed by atoms with Crippen molar-refractivity contribution in [1.29, 1.82) is 5.26 Å². The number of carbonyl (C=O) groups excluding carboxylic acids is 6. The summed E-state index contributed by atoms with van der Waals surface area (Å²) in [6.45, 7) is 4.08. The summed E-state index contributed by atoms with van der Waals surface area (Å²) in [5.74, 6) is -3.12. The second-order valence-electron chi connectivity index (χ2n) is 10.9. The fourth-order valence-electron chi connectivity index (χ4n) is 3.49. The smallest absolute Gasteiger partial charge is 0.407 e. The molecule has 1 aromatic heterocycles. The number of carbonyl (C=O) groups is 6. The Hall–Kier alpha value is -5.57. The van der Waals surface area contributed by atoms with Gasteiger partial charge in [0.15, 0.2) is 14.9 Å². The van der Waals surface area contributed by atoms with E-state index in [1.54, 1.807) is 51.1 Å². The van der Waals surface area contributed by atoms with Crippen molar-refractivity contribution < 1.29 is 41.9 Å². The summed E-state index contributed by atoms with van der Waals surface area (Å²) in [5.41, 5.74) is 0.239. The standard InChI is InChI=1S/C29H36N8O9S/c1-29(2,3)46-28(43)36-13-18-5-7-21(8-6-18)37-25(41)17-34-24(40)16-33-23(39)15-32-22(38)9-10-31-26(42)20-11-19(12-30)27(35-14-20)47(4,44)45/h5-8,11,14H,9-10,13,15-17H2,1-4H3,(H,31,42)(H,32,38)(H,33,39)(H,34,40)(H,36,43)(H,37,41). The third-order valence-corrected chi connectivity index (χ3v) is 6.66. The zero-order valence-electron chi connectivity index (χ0n) is 26.2. The SMILES string of the molecule is CC(C)(C)OC(=O)NCc1ccc(NC(=O)CNC(=O)CNC(=O)CNC(=O)CCNC(=O)c2cnc(S(C)(=O)=O)c(C#N)c2)cc1.